The number of nitrogens with one attached hydrogen (secondary N) is 1. The minimum atomic E-state index is 0.644. The van der Waals surface area contributed by atoms with Crippen LogP contribution >= 0.6 is 0 Å². The maximum atomic E-state index is 11.1. The first-order valence-electron chi connectivity index (χ1n) is 6.60. The standard InChI is InChI=1S/C15H16N2O.C2H6O/c1-4-12-5-6-14(16-3)15(8-12)17-9-11(2)7-13(17)10-18;1-3-2/h4-10,16H,1H2,2-3H3;1-2H3. The number of methoxy groups -OCH3 is 1. The topological polar surface area (TPSA) is 43.3 Å². The van der Waals surface area contributed by atoms with Crippen LogP contribution in [0.5, 0.6) is 0 Å². The molecule has 1 heterocycles. The molecule has 0 aliphatic carbocycles. The zero-order valence-electron chi connectivity index (χ0n) is 13.0. The van der Waals surface area contributed by atoms with Gasteiger partial charge in [-0.05, 0) is 36.2 Å². The van der Waals surface area contributed by atoms with E-state index in [1.54, 1.807) is 20.3 Å². The van der Waals surface area contributed by atoms with Crippen LogP contribution in [-0.4, -0.2) is 32.1 Å². The Morgan fingerprint density at radius 1 is 1.29 bits per heavy atom. The fourth-order valence-electron chi connectivity index (χ4n) is 2.00. The Labute approximate surface area is 126 Å². The first-order valence-corrected chi connectivity index (χ1v) is 6.60. The van der Waals surface area contributed by atoms with Gasteiger partial charge in [0.15, 0.2) is 6.29 Å². The van der Waals surface area contributed by atoms with Crippen LogP contribution in [0.1, 0.15) is 21.6 Å². The van der Waals surface area contributed by atoms with Crippen LogP contribution in [0, 0.1) is 6.92 Å². The number of aryl methyl sites for hydroxylation is 1. The van der Waals surface area contributed by atoms with Crippen LogP contribution < -0.4 is 5.32 Å². The number of aldehydes is 1. The van der Waals surface area contributed by atoms with E-state index in [0.29, 0.717) is 5.69 Å². The highest BCUT2D eigenvalue weighted by Gasteiger charge is 2.09. The number of rotatable bonds is 4. The Balaban J connectivity index is 0.000000677. The number of ether oxygens (including phenoxy) is 1. The molecule has 0 amide bonds. The van der Waals surface area contributed by atoms with E-state index in [1.807, 2.05) is 49.0 Å². The summed E-state index contributed by atoms with van der Waals surface area (Å²) in [6, 6.07) is 7.84. The quantitative estimate of drug-likeness (QED) is 0.874. The Bertz CT molecular complexity index is 615. The second-order valence-electron chi connectivity index (χ2n) is 4.57. The molecule has 0 unspecified atom stereocenters. The predicted octanol–water partition coefficient (Wildman–Crippen LogP) is 3.55. The monoisotopic (exact) mass is 286 g/mol. The summed E-state index contributed by atoms with van der Waals surface area (Å²) >= 11 is 0. The predicted molar refractivity (Wildman–Crippen MR) is 88.5 cm³/mol. The van der Waals surface area contributed by atoms with E-state index < -0.39 is 0 Å². The Morgan fingerprint density at radius 2 is 1.95 bits per heavy atom. The molecule has 4 heteroatoms. The molecule has 0 fully saturated rings. The molecule has 1 aromatic heterocycles. The summed E-state index contributed by atoms with van der Waals surface area (Å²) in [5, 5.41) is 3.13. The van der Waals surface area contributed by atoms with Crippen molar-refractivity contribution in [1.82, 2.24) is 4.57 Å². The van der Waals surface area contributed by atoms with E-state index in [2.05, 4.69) is 16.6 Å². The average Bonchev–Trinajstić information content (AvgIpc) is 2.88. The van der Waals surface area contributed by atoms with Crippen LogP contribution in [-0.2, 0) is 4.74 Å². The zero-order chi connectivity index (χ0) is 15.8. The molecule has 1 N–H and O–H groups in total. The van der Waals surface area contributed by atoms with Crippen molar-refractivity contribution in [2.75, 3.05) is 26.6 Å². The SMILES string of the molecule is C=Cc1ccc(NC)c(-n2cc(C)cc2C=O)c1.COC. The highest BCUT2D eigenvalue weighted by atomic mass is 16.4. The van der Waals surface area contributed by atoms with Gasteiger partial charge in [-0.15, -0.1) is 0 Å². The summed E-state index contributed by atoms with van der Waals surface area (Å²) < 4.78 is 6.14. The van der Waals surface area contributed by atoms with Crippen LogP contribution in [0.4, 0.5) is 5.69 Å². The lowest BCUT2D eigenvalue weighted by atomic mass is 10.1. The maximum absolute atomic E-state index is 11.1. The van der Waals surface area contributed by atoms with Crippen molar-refractivity contribution in [2.45, 2.75) is 6.92 Å². The summed E-state index contributed by atoms with van der Waals surface area (Å²) in [5.41, 5.74) is 4.64. The molecule has 112 valence electrons. The highest BCUT2D eigenvalue weighted by Crippen LogP contribution is 2.24. The fourth-order valence-corrected chi connectivity index (χ4v) is 2.00. The second-order valence-corrected chi connectivity index (χ2v) is 4.57. The van der Waals surface area contributed by atoms with Crippen molar-refractivity contribution in [1.29, 1.82) is 0 Å². The number of carbonyl (C=O) groups excluding carboxylic acids is 1. The molecule has 4 nitrogen and oxygen atoms in total. The van der Waals surface area contributed by atoms with Gasteiger partial charge < -0.3 is 14.6 Å². The number of nitrogens with zero attached hydrogens (tertiary/aromatic N) is 1. The number of carbonyl (C=O) groups is 1. The van der Waals surface area contributed by atoms with Gasteiger partial charge in [0, 0.05) is 27.5 Å². The molecule has 0 bridgehead atoms. The molecular formula is C17H22N2O2. The van der Waals surface area contributed by atoms with Gasteiger partial charge in [-0.1, -0.05) is 18.7 Å². The van der Waals surface area contributed by atoms with Gasteiger partial charge in [-0.25, -0.2) is 0 Å². The molecule has 0 saturated carbocycles. The molecule has 0 saturated heterocycles. The summed E-state index contributed by atoms with van der Waals surface area (Å²) in [4.78, 5) is 11.1. The van der Waals surface area contributed by atoms with Gasteiger partial charge in [0.2, 0.25) is 0 Å². The first kappa shape index (κ1) is 16.7. The van der Waals surface area contributed by atoms with E-state index in [9.17, 15) is 4.79 Å². The van der Waals surface area contributed by atoms with Crippen molar-refractivity contribution < 1.29 is 9.53 Å². The summed E-state index contributed by atoms with van der Waals surface area (Å²) in [6.07, 6.45) is 4.61. The molecule has 1 aromatic carbocycles. The van der Waals surface area contributed by atoms with E-state index >= 15 is 0 Å². The molecule has 0 aliphatic heterocycles. The van der Waals surface area contributed by atoms with Crippen molar-refractivity contribution in [3.63, 3.8) is 0 Å². The average molecular weight is 286 g/mol. The molecule has 0 aliphatic rings. The van der Waals surface area contributed by atoms with Gasteiger partial charge in [0.05, 0.1) is 17.1 Å². The van der Waals surface area contributed by atoms with E-state index in [0.717, 1.165) is 28.8 Å². The highest BCUT2D eigenvalue weighted by molar-refractivity contribution is 5.77. The number of hydrogen-bond donors (Lipinski definition) is 1. The van der Waals surface area contributed by atoms with E-state index in [1.165, 1.54) is 0 Å². The number of anilines is 1. The summed E-state index contributed by atoms with van der Waals surface area (Å²) in [5.74, 6) is 0. The molecule has 0 atom stereocenters. The van der Waals surface area contributed by atoms with Crippen molar-refractivity contribution >= 4 is 18.0 Å². The third-order valence-electron chi connectivity index (χ3n) is 2.89. The Hall–Kier alpha value is -2.33. The Kier molecular flexibility index (Phi) is 6.43. The number of aromatic nitrogens is 1. The minimum absolute atomic E-state index is 0.644. The summed E-state index contributed by atoms with van der Waals surface area (Å²) in [6.45, 7) is 5.74. The molecule has 21 heavy (non-hydrogen) atoms. The van der Waals surface area contributed by atoms with Gasteiger partial charge in [-0.3, -0.25) is 4.79 Å². The second kappa shape index (κ2) is 8.07. The van der Waals surface area contributed by atoms with E-state index in [-0.39, 0.29) is 0 Å². The Morgan fingerprint density at radius 3 is 2.48 bits per heavy atom. The molecule has 0 spiro atoms. The van der Waals surface area contributed by atoms with Gasteiger partial charge >= 0.3 is 0 Å². The van der Waals surface area contributed by atoms with E-state index in [4.69, 9.17) is 0 Å². The minimum Gasteiger partial charge on any atom is -0.388 e. The van der Waals surface area contributed by atoms with Crippen LogP contribution in [0.3, 0.4) is 0 Å². The smallest absolute Gasteiger partial charge is 0.166 e. The largest absolute Gasteiger partial charge is 0.388 e. The number of benzene rings is 1. The lowest BCUT2D eigenvalue weighted by Crippen LogP contribution is -2.02. The maximum Gasteiger partial charge on any atom is 0.166 e. The lowest BCUT2D eigenvalue weighted by molar-refractivity contribution is 0.111. The van der Waals surface area contributed by atoms with Gasteiger partial charge in [0.1, 0.15) is 0 Å². The van der Waals surface area contributed by atoms with Crippen molar-refractivity contribution in [3.8, 4) is 5.69 Å². The third-order valence-corrected chi connectivity index (χ3v) is 2.89. The molecular weight excluding hydrogens is 264 g/mol. The van der Waals surface area contributed by atoms with Crippen LogP contribution in [0.2, 0.25) is 0 Å². The van der Waals surface area contributed by atoms with Crippen molar-refractivity contribution in [3.05, 3.63) is 53.9 Å². The third kappa shape index (κ3) is 4.07. The normalized spacial score (nSPS) is 9.52. The number of hydrogen-bond acceptors (Lipinski definition) is 3. The van der Waals surface area contributed by atoms with Crippen LogP contribution in [0.15, 0.2) is 37.0 Å². The molecule has 2 rings (SSSR count). The van der Waals surface area contributed by atoms with Crippen LogP contribution in [0.25, 0.3) is 11.8 Å². The zero-order valence-corrected chi connectivity index (χ0v) is 13.0. The lowest BCUT2D eigenvalue weighted by Gasteiger charge is -2.12. The van der Waals surface area contributed by atoms with Gasteiger partial charge in [-0.2, -0.15) is 0 Å². The van der Waals surface area contributed by atoms with Crippen molar-refractivity contribution in [2.24, 2.45) is 0 Å². The van der Waals surface area contributed by atoms with Gasteiger partial charge in [0.25, 0.3) is 0 Å². The molecule has 2 aromatic rings. The first-order chi connectivity index (χ1) is 10.1. The fraction of sp³-hybridized carbons (Fsp3) is 0.235. The summed E-state index contributed by atoms with van der Waals surface area (Å²) in [7, 11) is 5.11. The molecule has 0 radical (unpaired) electrons.